The molecule has 1 aliphatic rings. The Balaban J connectivity index is 1.95. The molecular weight excluding hydrogens is 256 g/mol. The van der Waals surface area contributed by atoms with Crippen molar-refractivity contribution in [3.63, 3.8) is 0 Å². The van der Waals surface area contributed by atoms with E-state index < -0.39 is 0 Å². The summed E-state index contributed by atoms with van der Waals surface area (Å²) in [6.07, 6.45) is 4.81. The van der Waals surface area contributed by atoms with Gasteiger partial charge in [0.05, 0.1) is 12.0 Å². The van der Waals surface area contributed by atoms with Gasteiger partial charge < -0.3 is 15.8 Å². The number of rotatable bonds is 4. The van der Waals surface area contributed by atoms with Crippen LogP contribution in [0, 0.1) is 11.8 Å². The van der Waals surface area contributed by atoms with Crippen molar-refractivity contribution < 1.29 is 9.53 Å². The van der Waals surface area contributed by atoms with Gasteiger partial charge in [-0.2, -0.15) is 0 Å². The molecule has 1 aromatic rings. The molecule has 2 heterocycles. The second kappa shape index (κ2) is 6.65. The zero-order chi connectivity index (χ0) is 14.5. The quantitative estimate of drug-likeness (QED) is 0.861. The van der Waals surface area contributed by atoms with E-state index in [-0.39, 0.29) is 17.9 Å². The summed E-state index contributed by atoms with van der Waals surface area (Å²) < 4.78 is 5.74. The third-order valence-corrected chi connectivity index (χ3v) is 3.64. The number of aromatic nitrogens is 2. The number of nitrogens with two attached hydrogens (primary N) is 1. The van der Waals surface area contributed by atoms with Crippen LogP contribution in [0.4, 0.5) is 5.82 Å². The first kappa shape index (κ1) is 14.7. The largest absolute Gasteiger partial charge is 0.383 e. The molecule has 0 bridgehead atoms. The van der Waals surface area contributed by atoms with Crippen LogP contribution in [0.3, 0.4) is 0 Å². The molecule has 6 heteroatoms. The first-order valence-electron chi connectivity index (χ1n) is 7.03. The van der Waals surface area contributed by atoms with Gasteiger partial charge in [-0.15, -0.1) is 0 Å². The highest BCUT2D eigenvalue weighted by atomic mass is 16.5. The number of nitrogens with zero attached hydrogens (tertiary/aromatic N) is 2. The zero-order valence-electron chi connectivity index (χ0n) is 12.0. The van der Waals surface area contributed by atoms with Crippen LogP contribution >= 0.6 is 0 Å². The number of amides is 1. The van der Waals surface area contributed by atoms with E-state index in [9.17, 15) is 4.79 Å². The van der Waals surface area contributed by atoms with Crippen molar-refractivity contribution in [3.05, 3.63) is 18.1 Å². The SMILES string of the molecule is CC(C)[C@@H]1OCCC[C@H]1C(=O)NCc1cncnc1N. The molecule has 1 aromatic heterocycles. The van der Waals surface area contributed by atoms with Gasteiger partial charge in [-0.05, 0) is 18.8 Å². The van der Waals surface area contributed by atoms with Crippen LogP contribution in [0.25, 0.3) is 0 Å². The van der Waals surface area contributed by atoms with Gasteiger partial charge in [0.15, 0.2) is 0 Å². The number of carbonyl (C=O) groups is 1. The lowest BCUT2D eigenvalue weighted by Crippen LogP contribution is -2.43. The molecule has 6 nitrogen and oxygen atoms in total. The number of hydrogen-bond acceptors (Lipinski definition) is 5. The van der Waals surface area contributed by atoms with Crippen LogP contribution in [-0.2, 0) is 16.1 Å². The topological polar surface area (TPSA) is 90.1 Å². The molecule has 3 N–H and O–H groups in total. The number of ether oxygens (including phenoxy) is 1. The standard InChI is InChI=1S/C14H22N4O2/c1-9(2)12-11(4-3-5-20-12)14(19)17-7-10-6-16-8-18-13(10)15/h6,8-9,11-12H,3-5,7H2,1-2H3,(H,17,19)(H2,15,16,18)/t11-,12+/m1/s1. The van der Waals surface area contributed by atoms with Crippen molar-refractivity contribution in [2.45, 2.75) is 39.3 Å². The van der Waals surface area contributed by atoms with Crippen LogP contribution in [0.5, 0.6) is 0 Å². The van der Waals surface area contributed by atoms with E-state index in [4.69, 9.17) is 10.5 Å². The average molecular weight is 278 g/mol. The maximum Gasteiger partial charge on any atom is 0.226 e. The molecule has 1 amide bonds. The Kier molecular flexibility index (Phi) is 4.89. The molecule has 0 aliphatic carbocycles. The van der Waals surface area contributed by atoms with Crippen molar-refractivity contribution in [2.24, 2.45) is 11.8 Å². The van der Waals surface area contributed by atoms with Crippen LogP contribution in [0.2, 0.25) is 0 Å². The highest BCUT2D eigenvalue weighted by molar-refractivity contribution is 5.79. The summed E-state index contributed by atoms with van der Waals surface area (Å²) in [4.78, 5) is 20.1. The van der Waals surface area contributed by atoms with Gasteiger partial charge in [0.2, 0.25) is 5.91 Å². The third kappa shape index (κ3) is 3.45. The minimum atomic E-state index is -0.0883. The number of nitrogen functional groups attached to an aromatic ring is 1. The Hall–Kier alpha value is -1.69. The summed E-state index contributed by atoms with van der Waals surface area (Å²) in [6.45, 7) is 5.26. The van der Waals surface area contributed by atoms with Gasteiger partial charge in [0.25, 0.3) is 0 Å². The first-order chi connectivity index (χ1) is 9.59. The smallest absolute Gasteiger partial charge is 0.226 e. The van der Waals surface area contributed by atoms with E-state index in [0.717, 1.165) is 25.0 Å². The van der Waals surface area contributed by atoms with Crippen LogP contribution in [-0.4, -0.2) is 28.6 Å². The van der Waals surface area contributed by atoms with Crippen LogP contribution < -0.4 is 11.1 Å². The molecule has 0 spiro atoms. The van der Waals surface area contributed by atoms with Gasteiger partial charge in [-0.25, -0.2) is 9.97 Å². The van der Waals surface area contributed by atoms with Crippen LogP contribution in [0.1, 0.15) is 32.3 Å². The molecule has 110 valence electrons. The van der Waals surface area contributed by atoms with E-state index in [0.29, 0.717) is 18.3 Å². The van der Waals surface area contributed by atoms with Crippen molar-refractivity contribution in [2.75, 3.05) is 12.3 Å². The number of anilines is 1. The normalized spacial score (nSPS) is 22.8. The van der Waals surface area contributed by atoms with Crippen molar-refractivity contribution in [3.8, 4) is 0 Å². The van der Waals surface area contributed by atoms with Crippen molar-refractivity contribution in [1.82, 2.24) is 15.3 Å². The Morgan fingerprint density at radius 3 is 3.10 bits per heavy atom. The Labute approximate surface area is 119 Å². The predicted octanol–water partition coefficient (Wildman–Crippen LogP) is 1.13. The molecule has 0 unspecified atom stereocenters. The number of hydrogen-bond donors (Lipinski definition) is 2. The molecule has 20 heavy (non-hydrogen) atoms. The number of nitrogens with one attached hydrogen (secondary N) is 1. The summed E-state index contributed by atoms with van der Waals surface area (Å²) in [5.41, 5.74) is 6.47. The van der Waals surface area contributed by atoms with Gasteiger partial charge >= 0.3 is 0 Å². The maximum atomic E-state index is 12.3. The summed E-state index contributed by atoms with van der Waals surface area (Å²) >= 11 is 0. The number of carbonyl (C=O) groups excluding carboxylic acids is 1. The predicted molar refractivity (Wildman–Crippen MR) is 75.6 cm³/mol. The second-order valence-corrected chi connectivity index (χ2v) is 5.48. The Morgan fingerprint density at radius 1 is 1.60 bits per heavy atom. The minimum absolute atomic E-state index is 0.00637. The third-order valence-electron chi connectivity index (χ3n) is 3.64. The fraction of sp³-hybridized carbons (Fsp3) is 0.643. The molecular formula is C14H22N4O2. The summed E-state index contributed by atoms with van der Waals surface area (Å²) in [5, 5.41) is 2.92. The zero-order valence-corrected chi connectivity index (χ0v) is 12.0. The van der Waals surface area contributed by atoms with E-state index in [1.807, 2.05) is 0 Å². The highest BCUT2D eigenvalue weighted by Crippen LogP contribution is 2.26. The first-order valence-corrected chi connectivity index (χ1v) is 7.03. The van der Waals surface area contributed by atoms with Crippen molar-refractivity contribution in [1.29, 1.82) is 0 Å². The van der Waals surface area contributed by atoms with Gasteiger partial charge in [-0.1, -0.05) is 13.8 Å². The monoisotopic (exact) mass is 278 g/mol. The molecule has 0 radical (unpaired) electrons. The van der Waals surface area contributed by atoms with E-state index >= 15 is 0 Å². The Morgan fingerprint density at radius 2 is 2.40 bits per heavy atom. The minimum Gasteiger partial charge on any atom is -0.383 e. The van der Waals surface area contributed by atoms with Gasteiger partial charge in [0, 0.05) is 24.9 Å². The molecule has 1 fully saturated rings. The lowest BCUT2D eigenvalue weighted by Gasteiger charge is -2.33. The van der Waals surface area contributed by atoms with Gasteiger partial charge in [-0.3, -0.25) is 4.79 Å². The Bertz CT molecular complexity index is 464. The second-order valence-electron chi connectivity index (χ2n) is 5.48. The average Bonchev–Trinajstić information content (AvgIpc) is 2.46. The molecule has 0 saturated carbocycles. The van der Waals surface area contributed by atoms with E-state index in [1.165, 1.54) is 6.33 Å². The molecule has 1 aliphatic heterocycles. The molecule has 2 atom stereocenters. The lowest BCUT2D eigenvalue weighted by atomic mass is 9.87. The highest BCUT2D eigenvalue weighted by Gasteiger charge is 2.33. The summed E-state index contributed by atoms with van der Waals surface area (Å²) in [6, 6.07) is 0. The fourth-order valence-electron chi connectivity index (χ4n) is 2.56. The molecule has 1 saturated heterocycles. The van der Waals surface area contributed by atoms with Gasteiger partial charge in [0.1, 0.15) is 12.1 Å². The lowest BCUT2D eigenvalue weighted by molar-refractivity contribution is -0.137. The molecule has 0 aromatic carbocycles. The fourth-order valence-corrected chi connectivity index (χ4v) is 2.56. The maximum absolute atomic E-state index is 12.3. The summed E-state index contributed by atoms with van der Waals surface area (Å²) in [5.74, 6) is 0.665. The molecule has 2 rings (SSSR count). The van der Waals surface area contributed by atoms with Crippen LogP contribution in [0.15, 0.2) is 12.5 Å². The summed E-state index contributed by atoms with van der Waals surface area (Å²) in [7, 11) is 0. The van der Waals surface area contributed by atoms with Crippen molar-refractivity contribution >= 4 is 11.7 Å². The van der Waals surface area contributed by atoms with E-state index in [2.05, 4.69) is 29.1 Å². The van der Waals surface area contributed by atoms with E-state index in [1.54, 1.807) is 6.20 Å².